The summed E-state index contributed by atoms with van der Waals surface area (Å²) in [5, 5.41) is 0. The van der Waals surface area contributed by atoms with E-state index in [9.17, 15) is 0 Å². The van der Waals surface area contributed by atoms with Crippen molar-refractivity contribution in [2.75, 3.05) is 19.8 Å². The molecule has 0 bridgehead atoms. The lowest BCUT2D eigenvalue weighted by Gasteiger charge is -2.36. The minimum absolute atomic E-state index is 0.127. The van der Waals surface area contributed by atoms with Crippen molar-refractivity contribution in [1.82, 2.24) is 0 Å². The van der Waals surface area contributed by atoms with E-state index in [1.165, 1.54) is 5.56 Å². The van der Waals surface area contributed by atoms with Gasteiger partial charge in [-0.2, -0.15) is 0 Å². The van der Waals surface area contributed by atoms with Crippen molar-refractivity contribution in [2.45, 2.75) is 63.1 Å². The van der Waals surface area contributed by atoms with Crippen LogP contribution < -0.4 is 0 Å². The molecule has 3 fully saturated rings. The van der Waals surface area contributed by atoms with Crippen LogP contribution in [0.25, 0.3) is 0 Å². The molecule has 1 aliphatic carbocycles. The highest BCUT2D eigenvalue weighted by Gasteiger charge is 2.54. The maximum absolute atomic E-state index is 6.20. The highest BCUT2D eigenvalue weighted by Crippen LogP contribution is 2.49. The Morgan fingerprint density at radius 2 is 1.88 bits per heavy atom. The molecule has 2 aliphatic heterocycles. The van der Waals surface area contributed by atoms with Crippen LogP contribution in [0.4, 0.5) is 0 Å². The predicted octanol–water partition coefficient (Wildman–Crippen LogP) is 3.68. The fourth-order valence-corrected chi connectivity index (χ4v) is 4.19. The molecule has 1 aromatic rings. The van der Waals surface area contributed by atoms with Crippen LogP contribution in [0.2, 0.25) is 0 Å². The van der Waals surface area contributed by atoms with E-state index >= 15 is 0 Å². The molecule has 4 heteroatoms. The van der Waals surface area contributed by atoms with Gasteiger partial charge < -0.3 is 18.9 Å². The van der Waals surface area contributed by atoms with Gasteiger partial charge in [0.25, 0.3) is 0 Å². The van der Waals surface area contributed by atoms with Gasteiger partial charge in [-0.25, -0.2) is 0 Å². The summed E-state index contributed by atoms with van der Waals surface area (Å²) in [6.07, 6.45) is 5.67. The molecule has 2 saturated heterocycles. The van der Waals surface area contributed by atoms with Gasteiger partial charge in [-0.05, 0) is 44.1 Å². The Morgan fingerprint density at radius 1 is 1.12 bits per heavy atom. The van der Waals surface area contributed by atoms with E-state index in [1.54, 1.807) is 0 Å². The quantitative estimate of drug-likeness (QED) is 0.745. The van der Waals surface area contributed by atoms with Gasteiger partial charge in [-0.15, -0.1) is 0 Å². The van der Waals surface area contributed by atoms with Crippen LogP contribution in [0.15, 0.2) is 30.3 Å². The Labute approximate surface area is 144 Å². The molecular formula is C20H28O4. The fraction of sp³-hybridized carbons (Fsp3) is 0.700. The summed E-state index contributed by atoms with van der Waals surface area (Å²) >= 11 is 0. The summed E-state index contributed by atoms with van der Waals surface area (Å²) in [5.41, 5.74) is 1.37. The van der Waals surface area contributed by atoms with E-state index in [0.29, 0.717) is 31.8 Å². The van der Waals surface area contributed by atoms with Gasteiger partial charge in [0.1, 0.15) is 0 Å². The topological polar surface area (TPSA) is 40.2 Å². The highest BCUT2D eigenvalue weighted by atomic mass is 16.7. The number of hydrogen-bond acceptors (Lipinski definition) is 4. The Morgan fingerprint density at radius 3 is 2.58 bits per heavy atom. The molecule has 1 saturated carbocycles. The van der Waals surface area contributed by atoms with E-state index in [0.717, 1.165) is 38.7 Å². The van der Waals surface area contributed by atoms with E-state index in [2.05, 4.69) is 31.2 Å². The van der Waals surface area contributed by atoms with E-state index < -0.39 is 5.79 Å². The van der Waals surface area contributed by atoms with E-state index in [4.69, 9.17) is 18.9 Å². The molecule has 3 atom stereocenters. The number of benzene rings is 1. The molecule has 0 N–H and O–H groups in total. The smallest absolute Gasteiger partial charge is 0.165 e. The van der Waals surface area contributed by atoms with Crippen LogP contribution in [0.1, 0.15) is 44.6 Å². The molecule has 2 heterocycles. The SMILES string of the molecule is CC1(CC[C@H]2C[C@@H](OCc3ccccc3)CCC23CO3)OCCO1. The Balaban J connectivity index is 1.31. The average molecular weight is 332 g/mol. The van der Waals surface area contributed by atoms with Crippen molar-refractivity contribution in [1.29, 1.82) is 0 Å². The van der Waals surface area contributed by atoms with Gasteiger partial charge >= 0.3 is 0 Å². The van der Waals surface area contributed by atoms with Crippen LogP contribution >= 0.6 is 0 Å². The van der Waals surface area contributed by atoms with Gasteiger partial charge in [0.05, 0.1) is 38.1 Å². The van der Waals surface area contributed by atoms with Gasteiger partial charge in [-0.1, -0.05) is 30.3 Å². The number of hydrogen-bond donors (Lipinski definition) is 0. The lowest BCUT2D eigenvalue weighted by atomic mass is 9.75. The van der Waals surface area contributed by atoms with E-state index in [-0.39, 0.29) is 5.60 Å². The molecule has 0 aromatic heterocycles. The third-order valence-corrected chi connectivity index (χ3v) is 5.87. The minimum atomic E-state index is -0.395. The van der Waals surface area contributed by atoms with Crippen LogP contribution in [-0.4, -0.2) is 37.3 Å². The van der Waals surface area contributed by atoms with Crippen LogP contribution in [0.3, 0.4) is 0 Å². The molecule has 0 radical (unpaired) electrons. The first kappa shape index (κ1) is 16.5. The number of rotatable bonds is 6. The normalized spacial score (nSPS) is 34.5. The van der Waals surface area contributed by atoms with Crippen LogP contribution in [-0.2, 0) is 25.6 Å². The maximum Gasteiger partial charge on any atom is 0.165 e. The molecule has 3 aliphatic rings. The summed E-state index contributed by atoms with van der Waals surface area (Å²) in [6, 6.07) is 10.4. The molecule has 1 spiro atoms. The standard InChI is InChI=1S/C20H28O4/c1-19(22-11-12-23-19)9-7-17-13-18(8-10-20(17)15-24-20)21-14-16-5-3-2-4-6-16/h2-6,17-18H,7-15H2,1H3/t17-,18-,20?/m0/s1. The Kier molecular flexibility index (Phi) is 4.65. The second kappa shape index (κ2) is 6.75. The maximum atomic E-state index is 6.20. The molecule has 4 rings (SSSR count). The van der Waals surface area contributed by atoms with Gasteiger partial charge in [0.15, 0.2) is 5.79 Å². The molecule has 4 nitrogen and oxygen atoms in total. The minimum Gasteiger partial charge on any atom is -0.374 e. The summed E-state index contributed by atoms with van der Waals surface area (Å²) in [5.74, 6) is 0.158. The van der Waals surface area contributed by atoms with Crippen LogP contribution in [0, 0.1) is 5.92 Å². The summed E-state index contributed by atoms with van der Waals surface area (Å²) in [7, 11) is 0. The Bertz CT molecular complexity index is 534. The highest BCUT2D eigenvalue weighted by molar-refractivity contribution is 5.13. The Hall–Kier alpha value is -0.940. The first-order valence-electron chi connectivity index (χ1n) is 9.25. The third-order valence-electron chi connectivity index (χ3n) is 5.87. The van der Waals surface area contributed by atoms with E-state index in [1.807, 2.05) is 6.07 Å². The van der Waals surface area contributed by atoms with Gasteiger partial charge in [0, 0.05) is 6.42 Å². The summed E-state index contributed by atoms with van der Waals surface area (Å²) < 4.78 is 23.6. The average Bonchev–Trinajstić information content (AvgIpc) is 3.25. The van der Waals surface area contributed by atoms with Crippen LogP contribution in [0.5, 0.6) is 0 Å². The van der Waals surface area contributed by atoms with Crippen molar-refractivity contribution in [3.8, 4) is 0 Å². The molecule has 1 aromatic carbocycles. The first-order valence-corrected chi connectivity index (χ1v) is 9.25. The van der Waals surface area contributed by atoms with Crippen molar-refractivity contribution in [2.24, 2.45) is 5.92 Å². The predicted molar refractivity (Wildman–Crippen MR) is 90.6 cm³/mol. The van der Waals surface area contributed by atoms with Crippen molar-refractivity contribution < 1.29 is 18.9 Å². The van der Waals surface area contributed by atoms with Crippen molar-refractivity contribution in [3.63, 3.8) is 0 Å². The number of epoxide rings is 1. The lowest BCUT2D eigenvalue weighted by Crippen LogP contribution is -2.37. The zero-order valence-corrected chi connectivity index (χ0v) is 14.5. The van der Waals surface area contributed by atoms with Gasteiger partial charge in [0.2, 0.25) is 0 Å². The molecular weight excluding hydrogens is 304 g/mol. The second-order valence-corrected chi connectivity index (χ2v) is 7.61. The number of ether oxygens (including phenoxy) is 4. The van der Waals surface area contributed by atoms with Gasteiger partial charge in [-0.3, -0.25) is 0 Å². The largest absolute Gasteiger partial charge is 0.374 e. The van der Waals surface area contributed by atoms with Crippen molar-refractivity contribution in [3.05, 3.63) is 35.9 Å². The lowest BCUT2D eigenvalue weighted by molar-refractivity contribution is -0.151. The second-order valence-electron chi connectivity index (χ2n) is 7.61. The zero-order valence-electron chi connectivity index (χ0n) is 14.5. The first-order chi connectivity index (χ1) is 11.7. The summed E-state index contributed by atoms with van der Waals surface area (Å²) in [6.45, 7) is 5.11. The molecule has 132 valence electrons. The fourth-order valence-electron chi connectivity index (χ4n) is 4.19. The molecule has 0 amide bonds. The third kappa shape index (κ3) is 3.67. The zero-order chi connectivity index (χ0) is 16.5. The summed E-state index contributed by atoms with van der Waals surface area (Å²) in [4.78, 5) is 0. The molecule has 1 unspecified atom stereocenters. The van der Waals surface area contributed by atoms with Crippen molar-refractivity contribution >= 4 is 0 Å². The monoisotopic (exact) mass is 332 g/mol. The molecule has 24 heavy (non-hydrogen) atoms.